The normalized spacial score (nSPS) is 46.8. The van der Waals surface area contributed by atoms with E-state index < -0.39 is 0 Å². The molecule has 0 spiro atoms. The summed E-state index contributed by atoms with van der Waals surface area (Å²) in [5.74, 6) is 3.02. The fourth-order valence-electron chi connectivity index (χ4n) is 5.08. The molecule has 5 aliphatic rings. The number of rotatable bonds is 2. The highest BCUT2D eigenvalue weighted by molar-refractivity contribution is 5.96. The summed E-state index contributed by atoms with van der Waals surface area (Å²) in [7, 11) is 0. The number of aliphatic imine (C=N–C) groups is 1. The summed E-state index contributed by atoms with van der Waals surface area (Å²) in [6, 6.07) is 0. The zero-order valence-corrected chi connectivity index (χ0v) is 11.2. The minimum atomic E-state index is 0.418. The number of hydrogen-bond donors (Lipinski definition) is 1. The van der Waals surface area contributed by atoms with Gasteiger partial charge in [-0.15, -0.1) is 0 Å². The van der Waals surface area contributed by atoms with Gasteiger partial charge in [0.25, 0.3) is 0 Å². The van der Waals surface area contributed by atoms with Crippen LogP contribution in [0.3, 0.4) is 0 Å². The molecule has 1 N–H and O–H groups in total. The monoisotopic (exact) mass is 242 g/mol. The SMILES string of the molecule is CC1=NC(=CNC23CC4CC(CC(C4)C2)C3)C=C1. The van der Waals surface area contributed by atoms with Crippen LogP contribution in [0.4, 0.5) is 0 Å². The van der Waals surface area contributed by atoms with Crippen molar-refractivity contribution in [3.05, 3.63) is 24.0 Å². The van der Waals surface area contributed by atoms with Crippen LogP contribution in [0.1, 0.15) is 45.4 Å². The van der Waals surface area contributed by atoms with Crippen LogP contribution in [0.5, 0.6) is 0 Å². The van der Waals surface area contributed by atoms with Crippen molar-refractivity contribution in [2.24, 2.45) is 22.7 Å². The van der Waals surface area contributed by atoms with E-state index in [4.69, 9.17) is 0 Å². The average molecular weight is 242 g/mol. The number of nitrogens with zero attached hydrogens (tertiary/aromatic N) is 1. The number of hydrogen-bond acceptors (Lipinski definition) is 2. The van der Waals surface area contributed by atoms with Gasteiger partial charge in [-0.25, -0.2) is 0 Å². The molecule has 0 amide bonds. The lowest BCUT2D eigenvalue weighted by Crippen LogP contribution is -2.56. The highest BCUT2D eigenvalue weighted by Crippen LogP contribution is 2.55. The van der Waals surface area contributed by atoms with Crippen LogP contribution in [0.15, 0.2) is 29.0 Å². The predicted octanol–water partition coefficient (Wildman–Crippen LogP) is 3.42. The van der Waals surface area contributed by atoms with Gasteiger partial charge in [-0.2, -0.15) is 0 Å². The molecule has 18 heavy (non-hydrogen) atoms. The van der Waals surface area contributed by atoms with E-state index >= 15 is 0 Å². The summed E-state index contributed by atoms with van der Waals surface area (Å²) in [4.78, 5) is 4.51. The molecule has 1 heterocycles. The summed E-state index contributed by atoms with van der Waals surface area (Å²) in [5, 5.41) is 3.77. The summed E-state index contributed by atoms with van der Waals surface area (Å²) >= 11 is 0. The number of allylic oxidation sites excluding steroid dienone is 2. The quantitative estimate of drug-likeness (QED) is 0.788. The molecule has 1 aliphatic heterocycles. The first kappa shape index (κ1) is 10.8. The minimum Gasteiger partial charge on any atom is -0.384 e. The number of nitrogens with one attached hydrogen (secondary N) is 1. The molecule has 0 atom stereocenters. The van der Waals surface area contributed by atoms with Crippen molar-refractivity contribution >= 4 is 5.71 Å². The van der Waals surface area contributed by atoms with Gasteiger partial charge in [-0.3, -0.25) is 4.99 Å². The van der Waals surface area contributed by atoms with Gasteiger partial charge in [0, 0.05) is 17.5 Å². The molecule has 0 radical (unpaired) electrons. The van der Waals surface area contributed by atoms with Gasteiger partial charge in [-0.1, -0.05) is 0 Å². The molecule has 2 heteroatoms. The Morgan fingerprint density at radius 3 is 2.22 bits per heavy atom. The smallest absolute Gasteiger partial charge is 0.0790 e. The van der Waals surface area contributed by atoms with Gasteiger partial charge in [0.05, 0.1) is 5.70 Å². The second-order valence-electron chi connectivity index (χ2n) is 7.00. The average Bonchev–Trinajstić information content (AvgIpc) is 2.71. The van der Waals surface area contributed by atoms with E-state index in [-0.39, 0.29) is 0 Å². The molecule has 0 aromatic heterocycles. The summed E-state index contributed by atoms with van der Waals surface area (Å²) in [6.45, 7) is 2.06. The van der Waals surface area contributed by atoms with Gasteiger partial charge in [0.15, 0.2) is 0 Å². The van der Waals surface area contributed by atoms with E-state index in [0.29, 0.717) is 5.54 Å². The maximum absolute atomic E-state index is 4.51. The van der Waals surface area contributed by atoms with Crippen LogP contribution in [-0.2, 0) is 0 Å². The van der Waals surface area contributed by atoms with Crippen molar-refractivity contribution in [2.75, 3.05) is 0 Å². The van der Waals surface area contributed by atoms with Gasteiger partial charge < -0.3 is 5.32 Å². The Morgan fingerprint density at radius 1 is 1.11 bits per heavy atom. The Morgan fingerprint density at radius 2 is 1.72 bits per heavy atom. The molecule has 0 aromatic rings. The lowest BCUT2D eigenvalue weighted by molar-refractivity contribution is -0.0130. The molecule has 4 bridgehead atoms. The first-order chi connectivity index (χ1) is 8.71. The van der Waals surface area contributed by atoms with E-state index in [2.05, 4.69) is 35.6 Å². The zero-order valence-electron chi connectivity index (χ0n) is 11.2. The van der Waals surface area contributed by atoms with Crippen molar-refractivity contribution in [1.82, 2.24) is 5.32 Å². The minimum absolute atomic E-state index is 0.418. The Hall–Kier alpha value is -1.05. The molecule has 4 fully saturated rings. The van der Waals surface area contributed by atoms with Crippen molar-refractivity contribution in [1.29, 1.82) is 0 Å². The summed E-state index contributed by atoms with van der Waals surface area (Å²) in [5.41, 5.74) is 2.64. The van der Waals surface area contributed by atoms with Crippen molar-refractivity contribution in [3.63, 3.8) is 0 Å². The molecule has 2 nitrogen and oxygen atoms in total. The lowest BCUT2D eigenvalue weighted by Gasteiger charge is -2.56. The highest BCUT2D eigenvalue weighted by Gasteiger charge is 2.50. The fourth-order valence-corrected chi connectivity index (χ4v) is 5.08. The highest BCUT2D eigenvalue weighted by atomic mass is 15.0. The topological polar surface area (TPSA) is 24.4 Å². The largest absolute Gasteiger partial charge is 0.384 e. The molecule has 4 saturated carbocycles. The predicted molar refractivity (Wildman–Crippen MR) is 74.4 cm³/mol. The molecule has 5 rings (SSSR count). The van der Waals surface area contributed by atoms with Crippen LogP contribution >= 0.6 is 0 Å². The molecule has 96 valence electrons. The standard InChI is InChI=1S/C16H22N2/c1-11-2-3-15(18-11)10-17-16-7-12-4-13(8-16)6-14(5-12)9-16/h2-3,10,12-14,17H,4-9H2,1H3. The molecular formula is C16H22N2. The second-order valence-corrected chi connectivity index (χ2v) is 7.00. The maximum atomic E-state index is 4.51. The summed E-state index contributed by atoms with van der Waals surface area (Å²) in [6.07, 6.45) is 15.1. The Kier molecular flexibility index (Phi) is 2.24. The first-order valence-corrected chi connectivity index (χ1v) is 7.42. The maximum Gasteiger partial charge on any atom is 0.0790 e. The van der Waals surface area contributed by atoms with Gasteiger partial charge in [-0.05, 0) is 75.4 Å². The molecular weight excluding hydrogens is 220 g/mol. The van der Waals surface area contributed by atoms with Crippen molar-refractivity contribution < 1.29 is 0 Å². The van der Waals surface area contributed by atoms with E-state index in [1.807, 2.05) is 0 Å². The molecule has 0 unspecified atom stereocenters. The van der Waals surface area contributed by atoms with Crippen LogP contribution in [0.25, 0.3) is 0 Å². The van der Waals surface area contributed by atoms with Crippen LogP contribution in [0.2, 0.25) is 0 Å². The zero-order chi connectivity index (χ0) is 12.2. The lowest BCUT2D eigenvalue weighted by atomic mass is 9.53. The third kappa shape index (κ3) is 1.73. The second kappa shape index (κ2) is 3.72. The van der Waals surface area contributed by atoms with Crippen molar-refractivity contribution in [2.45, 2.75) is 51.0 Å². The van der Waals surface area contributed by atoms with E-state index in [1.165, 1.54) is 38.5 Å². The van der Waals surface area contributed by atoms with E-state index in [9.17, 15) is 0 Å². The van der Waals surface area contributed by atoms with Gasteiger partial charge in [0.1, 0.15) is 0 Å². The molecule has 4 aliphatic carbocycles. The Balaban J connectivity index is 1.53. The summed E-state index contributed by atoms with van der Waals surface area (Å²) < 4.78 is 0. The Labute approximate surface area is 109 Å². The third-order valence-electron chi connectivity index (χ3n) is 5.37. The molecule has 0 saturated heterocycles. The van der Waals surface area contributed by atoms with Crippen LogP contribution < -0.4 is 5.32 Å². The van der Waals surface area contributed by atoms with Gasteiger partial charge in [0.2, 0.25) is 0 Å². The van der Waals surface area contributed by atoms with E-state index in [0.717, 1.165) is 29.2 Å². The Bertz CT molecular complexity index is 420. The molecule has 0 aromatic carbocycles. The fraction of sp³-hybridized carbons (Fsp3) is 0.688. The van der Waals surface area contributed by atoms with Gasteiger partial charge >= 0.3 is 0 Å². The third-order valence-corrected chi connectivity index (χ3v) is 5.37. The van der Waals surface area contributed by atoms with Crippen molar-refractivity contribution in [3.8, 4) is 0 Å². The van der Waals surface area contributed by atoms with E-state index in [1.54, 1.807) is 0 Å². The van der Waals surface area contributed by atoms with Crippen LogP contribution in [0, 0.1) is 17.8 Å². The first-order valence-electron chi connectivity index (χ1n) is 7.42. The van der Waals surface area contributed by atoms with Crippen LogP contribution in [-0.4, -0.2) is 11.3 Å².